The average molecular weight is 420 g/mol. The standard InChI is InChI=1S/C21H25N3O4.ClH/c1-21(2)13-16(11-12-22-21)28-15-9-7-14(8-10-15)19(25)23-17-5-3-4-6-18(17)24-20(26)27;/h3-10,16,22,24H,11-13H2,1-2H3,(H,23,25)(H,26,27);1H. The number of carbonyl (C=O) groups is 2. The number of piperidine rings is 1. The first-order valence-corrected chi connectivity index (χ1v) is 9.24. The van der Waals surface area contributed by atoms with E-state index in [4.69, 9.17) is 9.84 Å². The van der Waals surface area contributed by atoms with E-state index in [1.807, 2.05) is 0 Å². The fraction of sp³-hybridized carbons (Fsp3) is 0.333. The van der Waals surface area contributed by atoms with Gasteiger partial charge in [-0.15, -0.1) is 12.4 Å². The maximum Gasteiger partial charge on any atom is 0.409 e. The van der Waals surface area contributed by atoms with Gasteiger partial charge < -0.3 is 20.5 Å². The number of para-hydroxylation sites is 2. The zero-order chi connectivity index (χ0) is 20.1. The molecule has 3 rings (SSSR count). The average Bonchev–Trinajstić information content (AvgIpc) is 2.62. The summed E-state index contributed by atoms with van der Waals surface area (Å²) in [6, 6.07) is 13.6. The fourth-order valence-electron chi connectivity index (χ4n) is 3.30. The number of hydrogen-bond donors (Lipinski definition) is 4. The number of carbonyl (C=O) groups excluding carboxylic acids is 1. The first kappa shape index (κ1) is 22.5. The third-order valence-electron chi connectivity index (χ3n) is 4.64. The van der Waals surface area contributed by atoms with E-state index in [1.165, 1.54) is 0 Å². The lowest BCUT2D eigenvalue weighted by molar-refractivity contribution is 0.102. The van der Waals surface area contributed by atoms with Crippen LogP contribution < -0.4 is 20.7 Å². The van der Waals surface area contributed by atoms with Crippen LogP contribution in [-0.4, -0.2) is 35.3 Å². The highest BCUT2D eigenvalue weighted by molar-refractivity contribution is 6.06. The normalized spacial score (nSPS) is 17.5. The Kier molecular flexibility index (Phi) is 7.47. The van der Waals surface area contributed by atoms with Crippen molar-refractivity contribution in [1.82, 2.24) is 5.32 Å². The molecule has 1 saturated heterocycles. The molecular formula is C21H26ClN3O4. The lowest BCUT2D eigenvalue weighted by atomic mass is 9.91. The van der Waals surface area contributed by atoms with Crippen molar-refractivity contribution in [2.24, 2.45) is 0 Å². The van der Waals surface area contributed by atoms with Crippen LogP contribution in [0.3, 0.4) is 0 Å². The maximum atomic E-state index is 12.5. The molecule has 1 unspecified atom stereocenters. The molecule has 1 aliphatic rings. The monoisotopic (exact) mass is 419 g/mol. The summed E-state index contributed by atoms with van der Waals surface area (Å²) >= 11 is 0. The summed E-state index contributed by atoms with van der Waals surface area (Å²) in [6.45, 7) is 5.24. The summed E-state index contributed by atoms with van der Waals surface area (Å²) in [6.07, 6.45) is 0.816. The van der Waals surface area contributed by atoms with Crippen LogP contribution in [0.25, 0.3) is 0 Å². The highest BCUT2D eigenvalue weighted by Gasteiger charge is 2.28. The summed E-state index contributed by atoms with van der Waals surface area (Å²) in [5.41, 5.74) is 1.23. The molecule has 7 nitrogen and oxygen atoms in total. The molecule has 0 saturated carbocycles. The first-order chi connectivity index (χ1) is 13.3. The second kappa shape index (κ2) is 9.62. The van der Waals surface area contributed by atoms with Crippen LogP contribution in [0.2, 0.25) is 0 Å². The van der Waals surface area contributed by atoms with Gasteiger partial charge in [0.1, 0.15) is 11.9 Å². The predicted octanol–water partition coefficient (Wildman–Crippen LogP) is 4.36. The molecule has 1 aliphatic heterocycles. The van der Waals surface area contributed by atoms with Crippen LogP contribution in [0.15, 0.2) is 48.5 Å². The third-order valence-corrected chi connectivity index (χ3v) is 4.64. The Morgan fingerprint density at radius 2 is 1.69 bits per heavy atom. The smallest absolute Gasteiger partial charge is 0.409 e. The van der Waals surface area contributed by atoms with Gasteiger partial charge in [0.05, 0.1) is 11.4 Å². The number of ether oxygens (including phenoxy) is 1. The molecule has 1 fully saturated rings. The number of amides is 2. The van der Waals surface area contributed by atoms with Gasteiger partial charge in [0.25, 0.3) is 5.91 Å². The molecule has 0 spiro atoms. The molecule has 2 aromatic carbocycles. The Morgan fingerprint density at radius 3 is 2.28 bits per heavy atom. The van der Waals surface area contributed by atoms with Crippen molar-refractivity contribution in [3.05, 3.63) is 54.1 Å². The van der Waals surface area contributed by atoms with Gasteiger partial charge in [0.2, 0.25) is 0 Å². The van der Waals surface area contributed by atoms with Crippen molar-refractivity contribution in [2.45, 2.75) is 38.3 Å². The lowest BCUT2D eigenvalue weighted by Crippen LogP contribution is -2.49. The van der Waals surface area contributed by atoms with Crippen LogP contribution in [0.5, 0.6) is 5.75 Å². The van der Waals surface area contributed by atoms with Crippen LogP contribution >= 0.6 is 12.4 Å². The minimum absolute atomic E-state index is 0. The molecule has 2 aromatic rings. The maximum absolute atomic E-state index is 12.5. The van der Waals surface area contributed by atoms with Gasteiger partial charge in [-0.3, -0.25) is 10.1 Å². The Hall–Kier alpha value is -2.77. The Morgan fingerprint density at radius 1 is 1.07 bits per heavy atom. The van der Waals surface area contributed by atoms with Crippen molar-refractivity contribution >= 4 is 35.8 Å². The van der Waals surface area contributed by atoms with Crippen molar-refractivity contribution in [1.29, 1.82) is 0 Å². The highest BCUT2D eigenvalue weighted by atomic mass is 35.5. The number of hydrogen-bond acceptors (Lipinski definition) is 4. The second-order valence-corrected chi connectivity index (χ2v) is 7.50. The number of nitrogens with one attached hydrogen (secondary N) is 3. The number of benzene rings is 2. The topological polar surface area (TPSA) is 99.7 Å². The largest absolute Gasteiger partial charge is 0.490 e. The molecule has 156 valence electrons. The van der Waals surface area contributed by atoms with Crippen molar-refractivity contribution in [3.63, 3.8) is 0 Å². The number of carboxylic acid groups (broad SMARTS) is 1. The van der Waals surface area contributed by atoms with E-state index in [-0.39, 0.29) is 30.0 Å². The molecule has 1 heterocycles. The molecule has 1 atom stereocenters. The van der Waals surface area contributed by atoms with E-state index in [0.717, 1.165) is 25.1 Å². The van der Waals surface area contributed by atoms with Crippen LogP contribution in [-0.2, 0) is 0 Å². The zero-order valence-electron chi connectivity index (χ0n) is 16.4. The fourth-order valence-corrected chi connectivity index (χ4v) is 3.30. The molecule has 0 aromatic heterocycles. The van der Waals surface area contributed by atoms with Crippen LogP contribution in [0, 0.1) is 0 Å². The van der Waals surface area contributed by atoms with Gasteiger partial charge in [0.15, 0.2) is 0 Å². The van der Waals surface area contributed by atoms with E-state index in [2.05, 4.69) is 29.8 Å². The molecule has 0 aliphatic carbocycles. The van der Waals surface area contributed by atoms with E-state index in [1.54, 1.807) is 48.5 Å². The Balaban J connectivity index is 0.00000300. The van der Waals surface area contributed by atoms with Gasteiger partial charge in [-0.25, -0.2) is 4.79 Å². The van der Waals surface area contributed by atoms with Gasteiger partial charge in [0, 0.05) is 17.5 Å². The van der Waals surface area contributed by atoms with E-state index < -0.39 is 6.09 Å². The first-order valence-electron chi connectivity index (χ1n) is 9.24. The zero-order valence-corrected chi connectivity index (χ0v) is 17.2. The minimum Gasteiger partial charge on any atom is -0.490 e. The summed E-state index contributed by atoms with van der Waals surface area (Å²) in [5, 5.41) is 17.4. The number of rotatable bonds is 5. The molecule has 2 amide bonds. The van der Waals surface area contributed by atoms with Gasteiger partial charge in [-0.05, 0) is 63.2 Å². The molecule has 0 bridgehead atoms. The quantitative estimate of drug-likeness (QED) is 0.577. The van der Waals surface area contributed by atoms with Gasteiger partial charge in [-0.2, -0.15) is 0 Å². The van der Waals surface area contributed by atoms with Crippen molar-refractivity contribution in [2.75, 3.05) is 17.2 Å². The second-order valence-electron chi connectivity index (χ2n) is 7.50. The van der Waals surface area contributed by atoms with Crippen LogP contribution in [0.4, 0.5) is 16.2 Å². The van der Waals surface area contributed by atoms with Crippen molar-refractivity contribution in [3.8, 4) is 5.75 Å². The molecule has 8 heteroatoms. The van der Waals surface area contributed by atoms with E-state index in [0.29, 0.717) is 16.9 Å². The number of halogens is 1. The summed E-state index contributed by atoms with van der Waals surface area (Å²) in [5.74, 6) is 0.404. The molecule has 4 N–H and O–H groups in total. The van der Waals surface area contributed by atoms with E-state index >= 15 is 0 Å². The van der Waals surface area contributed by atoms with Crippen LogP contribution in [0.1, 0.15) is 37.0 Å². The van der Waals surface area contributed by atoms with Gasteiger partial charge in [-0.1, -0.05) is 12.1 Å². The summed E-state index contributed by atoms with van der Waals surface area (Å²) < 4.78 is 6.06. The third kappa shape index (κ3) is 6.37. The minimum atomic E-state index is -1.19. The molecule has 29 heavy (non-hydrogen) atoms. The Labute approximate surface area is 176 Å². The lowest BCUT2D eigenvalue weighted by Gasteiger charge is -2.36. The predicted molar refractivity (Wildman–Crippen MR) is 115 cm³/mol. The summed E-state index contributed by atoms with van der Waals surface area (Å²) in [7, 11) is 0. The number of anilines is 2. The molecular weight excluding hydrogens is 394 g/mol. The highest BCUT2D eigenvalue weighted by Crippen LogP contribution is 2.25. The van der Waals surface area contributed by atoms with Gasteiger partial charge >= 0.3 is 6.09 Å². The molecule has 0 radical (unpaired) electrons. The summed E-state index contributed by atoms with van der Waals surface area (Å²) in [4.78, 5) is 23.4. The Bertz CT molecular complexity index is 855. The van der Waals surface area contributed by atoms with E-state index in [9.17, 15) is 9.59 Å². The van der Waals surface area contributed by atoms with Crippen molar-refractivity contribution < 1.29 is 19.4 Å². The SMILES string of the molecule is CC1(C)CC(Oc2ccc(C(=O)Nc3ccccc3NC(=O)O)cc2)CCN1.Cl.